The van der Waals surface area contributed by atoms with Crippen molar-refractivity contribution in [2.45, 2.75) is 70.4 Å². The highest BCUT2D eigenvalue weighted by atomic mass is 16.7. The lowest BCUT2D eigenvalue weighted by Gasteiger charge is -2.39. The van der Waals surface area contributed by atoms with Gasteiger partial charge in [-0.15, -0.1) is 0 Å². The summed E-state index contributed by atoms with van der Waals surface area (Å²) in [6, 6.07) is 5.57. The van der Waals surface area contributed by atoms with Crippen LogP contribution in [0, 0.1) is 10.1 Å². The van der Waals surface area contributed by atoms with E-state index in [4.69, 9.17) is 18.9 Å². The van der Waals surface area contributed by atoms with Crippen LogP contribution in [0.1, 0.15) is 39.2 Å². The number of non-ortho nitro benzene ring substituents is 1. The second kappa shape index (κ2) is 13.3. The summed E-state index contributed by atoms with van der Waals surface area (Å²) in [5.74, 6) is -2.60. The molecular formula is C26H34N2O12. The SMILES string of the molecule is CC1=C(C(=O)OCCO[C@@H]2O[C@H](CO)[C@@H](O)[C@H](O)[C@H]2O)C(c2cccc([N+](=O)[O-])c2)C(C(=O)OC(C)C)=C(C)N1. The molecule has 40 heavy (non-hydrogen) atoms. The number of nitrogens with one attached hydrogen (secondary N) is 1. The molecule has 1 aromatic rings. The van der Waals surface area contributed by atoms with Crippen molar-refractivity contribution in [3.8, 4) is 0 Å². The average molecular weight is 567 g/mol. The molecule has 3 rings (SSSR count). The van der Waals surface area contributed by atoms with Crippen LogP contribution < -0.4 is 5.32 Å². The Balaban J connectivity index is 1.82. The lowest BCUT2D eigenvalue weighted by atomic mass is 9.80. The molecule has 2 aliphatic heterocycles. The Morgan fingerprint density at radius 3 is 2.30 bits per heavy atom. The van der Waals surface area contributed by atoms with E-state index in [-0.39, 0.29) is 30.0 Å². The van der Waals surface area contributed by atoms with E-state index in [0.29, 0.717) is 17.0 Å². The van der Waals surface area contributed by atoms with Gasteiger partial charge >= 0.3 is 11.9 Å². The molecule has 6 atom stereocenters. The van der Waals surface area contributed by atoms with E-state index < -0.39 is 66.2 Å². The zero-order valence-corrected chi connectivity index (χ0v) is 22.5. The first-order valence-corrected chi connectivity index (χ1v) is 12.6. The van der Waals surface area contributed by atoms with Crippen LogP contribution in [0.25, 0.3) is 0 Å². The van der Waals surface area contributed by atoms with Crippen LogP contribution in [-0.2, 0) is 28.5 Å². The predicted molar refractivity (Wildman–Crippen MR) is 136 cm³/mol. The maximum atomic E-state index is 13.3. The lowest BCUT2D eigenvalue weighted by molar-refractivity contribution is -0.384. The topological polar surface area (TPSA) is 207 Å². The quantitative estimate of drug-likeness (QED) is 0.111. The summed E-state index contributed by atoms with van der Waals surface area (Å²) in [5, 5.41) is 53.6. The summed E-state index contributed by atoms with van der Waals surface area (Å²) in [6.07, 6.45) is -7.85. The molecule has 220 valence electrons. The van der Waals surface area contributed by atoms with Gasteiger partial charge in [0, 0.05) is 23.5 Å². The summed E-state index contributed by atoms with van der Waals surface area (Å²) >= 11 is 0. The zero-order valence-electron chi connectivity index (χ0n) is 22.5. The smallest absolute Gasteiger partial charge is 0.337 e. The molecule has 0 spiro atoms. The summed E-state index contributed by atoms with van der Waals surface area (Å²) in [6.45, 7) is 5.28. The highest BCUT2D eigenvalue weighted by Crippen LogP contribution is 2.40. The van der Waals surface area contributed by atoms with Gasteiger partial charge in [-0.05, 0) is 33.3 Å². The first kappa shape index (κ1) is 31.1. The fraction of sp³-hybridized carbons (Fsp3) is 0.538. The maximum Gasteiger partial charge on any atom is 0.337 e. The van der Waals surface area contributed by atoms with Crippen molar-refractivity contribution in [2.75, 3.05) is 19.8 Å². The number of nitro groups is 1. The molecule has 14 nitrogen and oxygen atoms in total. The number of aliphatic hydroxyl groups is 4. The number of allylic oxidation sites excluding steroid dienone is 2. The molecule has 5 N–H and O–H groups in total. The number of esters is 2. The minimum atomic E-state index is -1.63. The van der Waals surface area contributed by atoms with Crippen LogP contribution in [-0.4, -0.2) is 93.9 Å². The molecule has 1 unspecified atom stereocenters. The van der Waals surface area contributed by atoms with Gasteiger partial charge in [0.05, 0.1) is 41.3 Å². The molecule has 14 heteroatoms. The first-order valence-electron chi connectivity index (χ1n) is 12.6. The fourth-order valence-corrected chi connectivity index (χ4v) is 4.55. The van der Waals surface area contributed by atoms with Crippen molar-refractivity contribution in [2.24, 2.45) is 0 Å². The van der Waals surface area contributed by atoms with Crippen molar-refractivity contribution < 1.29 is 53.9 Å². The number of carbonyl (C=O) groups is 2. The molecule has 0 radical (unpaired) electrons. The Morgan fingerprint density at radius 2 is 1.70 bits per heavy atom. The zero-order chi connectivity index (χ0) is 29.7. The molecule has 0 saturated carbocycles. The Morgan fingerprint density at radius 1 is 1.05 bits per heavy atom. The summed E-state index contributed by atoms with van der Waals surface area (Å²) in [7, 11) is 0. The van der Waals surface area contributed by atoms with Crippen LogP contribution in [0.15, 0.2) is 46.8 Å². The summed E-state index contributed by atoms with van der Waals surface area (Å²) in [4.78, 5) is 37.3. The molecule has 1 fully saturated rings. The maximum absolute atomic E-state index is 13.3. The molecule has 1 saturated heterocycles. The Labute approximate surface area is 229 Å². The predicted octanol–water partition coefficient (Wildman–Crippen LogP) is 0.141. The number of carbonyl (C=O) groups excluding carboxylic acids is 2. The number of dihydropyridines is 1. The number of hydrogen-bond acceptors (Lipinski definition) is 13. The Kier molecular flexibility index (Phi) is 10.4. The highest BCUT2D eigenvalue weighted by molar-refractivity contribution is 6.00. The van der Waals surface area contributed by atoms with E-state index in [1.165, 1.54) is 18.2 Å². The number of nitro benzene ring substituents is 1. The first-order chi connectivity index (χ1) is 18.9. The van der Waals surface area contributed by atoms with Gasteiger partial charge < -0.3 is 44.7 Å². The number of rotatable bonds is 10. The van der Waals surface area contributed by atoms with Gasteiger partial charge in [0.15, 0.2) is 6.29 Å². The third-order valence-corrected chi connectivity index (χ3v) is 6.40. The van der Waals surface area contributed by atoms with Crippen molar-refractivity contribution in [1.29, 1.82) is 0 Å². The number of ether oxygens (including phenoxy) is 4. The molecular weight excluding hydrogens is 532 g/mol. The van der Waals surface area contributed by atoms with E-state index in [1.54, 1.807) is 33.8 Å². The second-order valence-electron chi connectivity index (χ2n) is 9.65. The fourth-order valence-electron chi connectivity index (χ4n) is 4.55. The largest absolute Gasteiger partial charge is 0.460 e. The van der Waals surface area contributed by atoms with E-state index in [9.17, 15) is 40.1 Å². The van der Waals surface area contributed by atoms with Gasteiger partial charge in [0.2, 0.25) is 0 Å². The lowest BCUT2D eigenvalue weighted by Crippen LogP contribution is -2.59. The van der Waals surface area contributed by atoms with Crippen LogP contribution in [0.5, 0.6) is 0 Å². The van der Waals surface area contributed by atoms with Crippen molar-refractivity contribution in [3.63, 3.8) is 0 Å². The van der Waals surface area contributed by atoms with Gasteiger partial charge in [-0.2, -0.15) is 0 Å². The standard InChI is InChI=1S/C26H34N2O12/c1-12(2)39-25(34)19-14(4)27-13(3)18(20(19)15-6-5-7-16(10-15)28(35)36)24(33)37-8-9-38-26-23(32)22(31)21(30)17(11-29)40-26/h5-7,10,12,17,20-23,26-27,29-32H,8-9,11H2,1-4H3/t17-,20?,21-,22+,23-,26-/m1/s1. The van der Waals surface area contributed by atoms with E-state index in [2.05, 4.69) is 5.32 Å². The molecule has 1 aromatic carbocycles. The van der Waals surface area contributed by atoms with Gasteiger partial charge in [-0.25, -0.2) is 9.59 Å². The molecule has 0 amide bonds. The molecule has 2 heterocycles. The molecule has 0 bridgehead atoms. The van der Waals surface area contributed by atoms with E-state index in [1.807, 2.05) is 0 Å². The van der Waals surface area contributed by atoms with Crippen LogP contribution in [0.4, 0.5) is 5.69 Å². The number of nitrogens with zero attached hydrogens (tertiary/aromatic N) is 1. The van der Waals surface area contributed by atoms with Crippen molar-refractivity contribution in [3.05, 3.63) is 62.5 Å². The minimum Gasteiger partial charge on any atom is -0.460 e. The van der Waals surface area contributed by atoms with Crippen LogP contribution in [0.2, 0.25) is 0 Å². The normalized spacial score (nSPS) is 26.9. The van der Waals surface area contributed by atoms with Gasteiger partial charge in [0.1, 0.15) is 31.0 Å². The summed E-state index contributed by atoms with van der Waals surface area (Å²) < 4.78 is 21.4. The van der Waals surface area contributed by atoms with E-state index >= 15 is 0 Å². The molecule has 0 aliphatic carbocycles. The summed E-state index contributed by atoms with van der Waals surface area (Å²) in [5.41, 5.74) is 0.939. The number of aliphatic hydroxyl groups excluding tert-OH is 4. The Bertz CT molecular complexity index is 1180. The molecule has 0 aromatic heterocycles. The third-order valence-electron chi connectivity index (χ3n) is 6.40. The van der Waals surface area contributed by atoms with E-state index in [0.717, 1.165) is 0 Å². The van der Waals surface area contributed by atoms with Crippen molar-refractivity contribution >= 4 is 17.6 Å². The number of benzene rings is 1. The van der Waals surface area contributed by atoms with Crippen molar-refractivity contribution in [1.82, 2.24) is 5.32 Å². The number of hydrogen-bond donors (Lipinski definition) is 5. The average Bonchev–Trinajstić information content (AvgIpc) is 2.89. The van der Waals surface area contributed by atoms with Gasteiger partial charge in [-0.1, -0.05) is 12.1 Å². The Hall–Kier alpha value is -3.40. The minimum absolute atomic E-state index is 0.0228. The van der Waals surface area contributed by atoms with Gasteiger partial charge in [-0.3, -0.25) is 10.1 Å². The second-order valence-corrected chi connectivity index (χ2v) is 9.65. The van der Waals surface area contributed by atoms with Crippen LogP contribution in [0.3, 0.4) is 0 Å². The monoisotopic (exact) mass is 566 g/mol. The molecule has 2 aliphatic rings. The van der Waals surface area contributed by atoms with Gasteiger partial charge in [0.25, 0.3) is 5.69 Å². The highest BCUT2D eigenvalue weighted by Gasteiger charge is 2.44. The van der Waals surface area contributed by atoms with Crippen LogP contribution >= 0.6 is 0 Å². The third kappa shape index (κ3) is 6.83.